The van der Waals surface area contributed by atoms with Crippen LogP contribution < -0.4 is 11.1 Å². The zero-order chi connectivity index (χ0) is 10.7. The average molecular weight is 210 g/mol. The molecule has 0 radical (unpaired) electrons. The number of carbonyl (C=O) groups excluding carboxylic acids is 1. The molecule has 0 atom stereocenters. The largest absolute Gasteiger partial charge is 0.353 e. The SMILES string of the molecule is NCCCCC(=O)NC(C1CC1)C1CC1. The van der Waals surface area contributed by atoms with Crippen LogP contribution in [0.3, 0.4) is 0 Å². The fourth-order valence-corrected chi connectivity index (χ4v) is 2.22. The molecule has 0 heterocycles. The fraction of sp³-hybridized carbons (Fsp3) is 0.917. The van der Waals surface area contributed by atoms with Gasteiger partial charge in [0.1, 0.15) is 0 Å². The Morgan fingerprint density at radius 3 is 2.27 bits per heavy atom. The molecule has 2 fully saturated rings. The van der Waals surface area contributed by atoms with Crippen molar-refractivity contribution in [3.8, 4) is 0 Å². The summed E-state index contributed by atoms with van der Waals surface area (Å²) < 4.78 is 0. The summed E-state index contributed by atoms with van der Waals surface area (Å²) in [5.41, 5.74) is 5.40. The molecule has 2 saturated carbocycles. The predicted molar refractivity (Wildman–Crippen MR) is 60.3 cm³/mol. The highest BCUT2D eigenvalue weighted by Gasteiger charge is 2.41. The van der Waals surface area contributed by atoms with Crippen molar-refractivity contribution >= 4 is 5.91 Å². The van der Waals surface area contributed by atoms with E-state index in [1.165, 1.54) is 25.7 Å². The third-order valence-electron chi connectivity index (χ3n) is 3.45. The number of nitrogens with two attached hydrogens (primary N) is 1. The van der Waals surface area contributed by atoms with Crippen LogP contribution in [0.2, 0.25) is 0 Å². The molecule has 2 aliphatic rings. The van der Waals surface area contributed by atoms with Crippen LogP contribution >= 0.6 is 0 Å². The molecule has 3 N–H and O–H groups in total. The molecule has 0 aromatic carbocycles. The number of hydrogen-bond donors (Lipinski definition) is 2. The number of unbranched alkanes of at least 4 members (excludes halogenated alkanes) is 1. The predicted octanol–water partition coefficient (Wildman–Crippen LogP) is 1.42. The molecule has 0 aromatic rings. The van der Waals surface area contributed by atoms with Crippen molar-refractivity contribution in [2.24, 2.45) is 17.6 Å². The maximum absolute atomic E-state index is 11.6. The number of rotatable bonds is 7. The Bertz CT molecular complexity index is 210. The van der Waals surface area contributed by atoms with Crippen molar-refractivity contribution in [2.45, 2.75) is 51.0 Å². The molecular formula is C12H22N2O. The third kappa shape index (κ3) is 3.49. The second kappa shape index (κ2) is 4.97. The Hall–Kier alpha value is -0.570. The molecule has 3 nitrogen and oxygen atoms in total. The van der Waals surface area contributed by atoms with Gasteiger partial charge in [-0.2, -0.15) is 0 Å². The summed E-state index contributed by atoms with van der Waals surface area (Å²) in [6.07, 6.45) is 7.85. The maximum atomic E-state index is 11.6. The molecular weight excluding hydrogens is 188 g/mol. The lowest BCUT2D eigenvalue weighted by atomic mass is 10.1. The van der Waals surface area contributed by atoms with Gasteiger partial charge in [-0.25, -0.2) is 0 Å². The van der Waals surface area contributed by atoms with E-state index in [-0.39, 0.29) is 5.91 Å². The van der Waals surface area contributed by atoms with Gasteiger partial charge in [-0.3, -0.25) is 4.79 Å². The van der Waals surface area contributed by atoms with Crippen molar-refractivity contribution < 1.29 is 4.79 Å². The molecule has 15 heavy (non-hydrogen) atoms. The van der Waals surface area contributed by atoms with E-state index in [4.69, 9.17) is 5.73 Å². The van der Waals surface area contributed by atoms with Gasteiger partial charge in [0.2, 0.25) is 5.91 Å². The molecule has 0 saturated heterocycles. The van der Waals surface area contributed by atoms with Gasteiger partial charge in [0.15, 0.2) is 0 Å². The minimum atomic E-state index is 0.243. The normalized spacial score (nSPS) is 20.7. The first-order chi connectivity index (χ1) is 7.31. The summed E-state index contributed by atoms with van der Waals surface area (Å²) in [6.45, 7) is 0.696. The van der Waals surface area contributed by atoms with E-state index < -0.39 is 0 Å². The lowest BCUT2D eigenvalue weighted by molar-refractivity contribution is -0.122. The van der Waals surface area contributed by atoms with Crippen molar-refractivity contribution in [1.29, 1.82) is 0 Å². The fourth-order valence-electron chi connectivity index (χ4n) is 2.22. The highest BCUT2D eigenvalue weighted by molar-refractivity contribution is 5.76. The molecule has 0 spiro atoms. The van der Waals surface area contributed by atoms with Gasteiger partial charge in [-0.15, -0.1) is 0 Å². The van der Waals surface area contributed by atoms with Gasteiger partial charge in [0.05, 0.1) is 0 Å². The zero-order valence-corrected chi connectivity index (χ0v) is 9.37. The lowest BCUT2D eigenvalue weighted by Gasteiger charge is -2.17. The van der Waals surface area contributed by atoms with Gasteiger partial charge >= 0.3 is 0 Å². The Kier molecular flexibility index (Phi) is 3.62. The van der Waals surface area contributed by atoms with Gasteiger partial charge in [-0.1, -0.05) is 0 Å². The number of hydrogen-bond acceptors (Lipinski definition) is 2. The average Bonchev–Trinajstić information content (AvgIpc) is 3.05. The van der Waals surface area contributed by atoms with Crippen LogP contribution in [0, 0.1) is 11.8 Å². The van der Waals surface area contributed by atoms with Gasteiger partial charge in [-0.05, 0) is 56.9 Å². The first-order valence-electron chi connectivity index (χ1n) is 6.30. The summed E-state index contributed by atoms with van der Waals surface area (Å²) in [7, 11) is 0. The Morgan fingerprint density at radius 1 is 1.20 bits per heavy atom. The second-order valence-corrected chi connectivity index (χ2v) is 5.01. The first kappa shape index (κ1) is 10.9. The van der Waals surface area contributed by atoms with E-state index >= 15 is 0 Å². The Labute approximate surface area is 91.8 Å². The summed E-state index contributed by atoms with van der Waals surface area (Å²) >= 11 is 0. The highest BCUT2D eigenvalue weighted by atomic mass is 16.1. The van der Waals surface area contributed by atoms with E-state index in [2.05, 4.69) is 5.32 Å². The van der Waals surface area contributed by atoms with E-state index in [1.54, 1.807) is 0 Å². The molecule has 0 unspecified atom stereocenters. The van der Waals surface area contributed by atoms with Gasteiger partial charge in [0, 0.05) is 12.5 Å². The van der Waals surface area contributed by atoms with Crippen LogP contribution in [-0.2, 0) is 4.79 Å². The van der Waals surface area contributed by atoms with Crippen molar-refractivity contribution in [3.63, 3.8) is 0 Å². The highest BCUT2D eigenvalue weighted by Crippen LogP contribution is 2.44. The summed E-state index contributed by atoms with van der Waals surface area (Å²) in [5.74, 6) is 1.85. The molecule has 2 rings (SSSR count). The van der Waals surface area contributed by atoms with Crippen LogP contribution in [0.15, 0.2) is 0 Å². The summed E-state index contributed by atoms with van der Waals surface area (Å²) in [4.78, 5) is 11.6. The summed E-state index contributed by atoms with van der Waals surface area (Å²) in [5, 5.41) is 3.22. The van der Waals surface area contributed by atoms with Gasteiger partial charge < -0.3 is 11.1 Å². The molecule has 1 amide bonds. The van der Waals surface area contributed by atoms with Crippen LogP contribution in [0.5, 0.6) is 0 Å². The quantitative estimate of drug-likeness (QED) is 0.624. The molecule has 0 aromatic heterocycles. The second-order valence-electron chi connectivity index (χ2n) is 5.01. The van der Waals surface area contributed by atoms with Crippen LogP contribution in [0.25, 0.3) is 0 Å². The molecule has 2 aliphatic carbocycles. The molecule has 0 bridgehead atoms. The van der Waals surface area contributed by atoms with E-state index in [1.807, 2.05) is 0 Å². The van der Waals surface area contributed by atoms with Crippen LogP contribution in [-0.4, -0.2) is 18.5 Å². The number of carbonyl (C=O) groups is 1. The Morgan fingerprint density at radius 2 is 1.80 bits per heavy atom. The molecule has 86 valence electrons. The minimum Gasteiger partial charge on any atom is -0.353 e. The Balaban J connectivity index is 1.66. The smallest absolute Gasteiger partial charge is 0.220 e. The monoisotopic (exact) mass is 210 g/mol. The van der Waals surface area contributed by atoms with Gasteiger partial charge in [0.25, 0.3) is 0 Å². The van der Waals surface area contributed by atoms with Crippen LogP contribution in [0.4, 0.5) is 0 Å². The van der Waals surface area contributed by atoms with Crippen molar-refractivity contribution in [1.82, 2.24) is 5.32 Å². The van der Waals surface area contributed by atoms with E-state index in [0.717, 1.165) is 24.7 Å². The molecule has 3 heteroatoms. The van der Waals surface area contributed by atoms with Crippen LogP contribution in [0.1, 0.15) is 44.9 Å². The zero-order valence-electron chi connectivity index (χ0n) is 9.37. The minimum absolute atomic E-state index is 0.243. The van der Waals surface area contributed by atoms with E-state index in [9.17, 15) is 4.79 Å². The maximum Gasteiger partial charge on any atom is 0.220 e. The molecule has 0 aliphatic heterocycles. The number of nitrogens with one attached hydrogen (secondary N) is 1. The number of amides is 1. The summed E-state index contributed by atoms with van der Waals surface area (Å²) in [6, 6.07) is 0.510. The topological polar surface area (TPSA) is 55.1 Å². The van der Waals surface area contributed by atoms with Crippen molar-refractivity contribution in [3.05, 3.63) is 0 Å². The standard InChI is InChI=1S/C12H22N2O/c13-8-2-1-3-11(15)14-12(9-4-5-9)10-6-7-10/h9-10,12H,1-8,13H2,(H,14,15). The lowest BCUT2D eigenvalue weighted by Crippen LogP contribution is -2.37. The van der Waals surface area contributed by atoms with Crippen molar-refractivity contribution in [2.75, 3.05) is 6.54 Å². The first-order valence-corrected chi connectivity index (χ1v) is 6.30. The van der Waals surface area contributed by atoms with E-state index in [0.29, 0.717) is 19.0 Å². The third-order valence-corrected chi connectivity index (χ3v) is 3.45.